The summed E-state index contributed by atoms with van der Waals surface area (Å²) in [5.74, 6) is 0.796. The third kappa shape index (κ3) is 2.91. The van der Waals surface area contributed by atoms with Crippen molar-refractivity contribution in [3.05, 3.63) is 64.1 Å². The smallest absolute Gasteiger partial charge is 0.119 e. The van der Waals surface area contributed by atoms with Gasteiger partial charge in [-0.05, 0) is 30.3 Å². The summed E-state index contributed by atoms with van der Waals surface area (Å²) < 4.78 is 5.57. The minimum atomic E-state index is 0.431. The Kier molecular flexibility index (Phi) is 3.70. The first-order valence-electron chi connectivity index (χ1n) is 4.78. The molecule has 2 aromatic rings. The number of benzene rings is 2. The molecule has 0 aromatic heterocycles. The molecular formula is C13H9Cl2O. The highest BCUT2D eigenvalue weighted by Gasteiger charge is 2.01. The molecule has 0 spiro atoms. The lowest BCUT2D eigenvalue weighted by molar-refractivity contribution is 0.306. The van der Waals surface area contributed by atoms with Gasteiger partial charge in [0.15, 0.2) is 0 Å². The average molecular weight is 252 g/mol. The maximum Gasteiger partial charge on any atom is 0.119 e. The minimum absolute atomic E-state index is 0.431. The lowest BCUT2D eigenvalue weighted by Crippen LogP contribution is -1.95. The summed E-state index contributed by atoms with van der Waals surface area (Å²) in [5, 5.41) is 1.25. The summed E-state index contributed by atoms with van der Waals surface area (Å²) in [7, 11) is 0. The predicted octanol–water partition coefficient (Wildman–Crippen LogP) is 4.37. The van der Waals surface area contributed by atoms with Crippen LogP contribution < -0.4 is 4.74 Å². The van der Waals surface area contributed by atoms with Crippen molar-refractivity contribution in [3.63, 3.8) is 0 Å². The van der Waals surface area contributed by atoms with Gasteiger partial charge in [-0.25, -0.2) is 0 Å². The Hall–Kier alpha value is -1.18. The standard InChI is InChI=1S/C13H9Cl2O/c14-11-7-6-10(13(15)8-11)9-16-12-4-2-1-3-5-12/h2-8H,9H2. The third-order valence-electron chi connectivity index (χ3n) is 2.10. The number of rotatable bonds is 3. The molecule has 0 heterocycles. The molecular weight excluding hydrogens is 243 g/mol. The molecule has 0 unspecified atom stereocenters. The molecule has 81 valence electrons. The van der Waals surface area contributed by atoms with Crippen LogP contribution >= 0.6 is 23.2 Å². The van der Waals surface area contributed by atoms with Crippen LogP contribution in [-0.2, 0) is 6.61 Å². The van der Waals surface area contributed by atoms with Crippen molar-refractivity contribution in [2.45, 2.75) is 6.61 Å². The molecule has 2 aromatic carbocycles. The van der Waals surface area contributed by atoms with E-state index in [1.807, 2.05) is 18.2 Å². The van der Waals surface area contributed by atoms with E-state index in [1.165, 1.54) is 0 Å². The van der Waals surface area contributed by atoms with Crippen LogP contribution in [0.5, 0.6) is 5.75 Å². The maximum absolute atomic E-state index is 6.03. The first-order chi connectivity index (χ1) is 7.75. The van der Waals surface area contributed by atoms with Gasteiger partial charge in [0.25, 0.3) is 0 Å². The van der Waals surface area contributed by atoms with E-state index < -0.39 is 0 Å². The van der Waals surface area contributed by atoms with E-state index in [2.05, 4.69) is 6.07 Å². The summed E-state index contributed by atoms with van der Waals surface area (Å²) in [6.45, 7) is 0.431. The second-order valence-electron chi connectivity index (χ2n) is 3.26. The molecule has 1 nitrogen and oxygen atoms in total. The molecule has 16 heavy (non-hydrogen) atoms. The largest absolute Gasteiger partial charge is 0.489 e. The molecule has 0 fully saturated rings. The summed E-state index contributed by atoms with van der Waals surface area (Å²) in [4.78, 5) is 0. The molecule has 1 radical (unpaired) electrons. The Balaban J connectivity index is 2.05. The van der Waals surface area contributed by atoms with Crippen molar-refractivity contribution in [3.8, 4) is 5.75 Å². The number of halogens is 2. The van der Waals surface area contributed by atoms with Crippen LogP contribution in [0.15, 0.2) is 42.5 Å². The second-order valence-corrected chi connectivity index (χ2v) is 4.10. The molecule has 0 aliphatic carbocycles. The maximum atomic E-state index is 6.03. The van der Waals surface area contributed by atoms with E-state index >= 15 is 0 Å². The van der Waals surface area contributed by atoms with E-state index in [9.17, 15) is 0 Å². The lowest BCUT2D eigenvalue weighted by atomic mass is 10.2. The van der Waals surface area contributed by atoms with Crippen molar-refractivity contribution in [2.24, 2.45) is 0 Å². The van der Waals surface area contributed by atoms with Crippen LogP contribution in [0.3, 0.4) is 0 Å². The molecule has 0 aliphatic rings. The van der Waals surface area contributed by atoms with Crippen LogP contribution in [-0.4, -0.2) is 0 Å². The number of hydrogen-bond donors (Lipinski definition) is 0. The SMILES string of the molecule is Clc1ccc(COc2cc[c]cc2)c(Cl)c1. The lowest BCUT2D eigenvalue weighted by Gasteiger charge is -2.07. The van der Waals surface area contributed by atoms with Crippen molar-refractivity contribution >= 4 is 23.2 Å². The van der Waals surface area contributed by atoms with E-state index in [4.69, 9.17) is 27.9 Å². The van der Waals surface area contributed by atoms with Gasteiger partial charge in [-0.1, -0.05) is 41.4 Å². The average Bonchev–Trinajstić information content (AvgIpc) is 2.29. The van der Waals surface area contributed by atoms with Crippen molar-refractivity contribution in [1.82, 2.24) is 0 Å². The molecule has 0 bridgehead atoms. The van der Waals surface area contributed by atoms with Gasteiger partial charge in [-0.15, -0.1) is 0 Å². The first kappa shape index (κ1) is 11.3. The Morgan fingerprint density at radius 3 is 2.50 bits per heavy atom. The fourth-order valence-electron chi connectivity index (χ4n) is 1.27. The zero-order valence-corrected chi connectivity index (χ0v) is 9.92. The quantitative estimate of drug-likeness (QED) is 0.787. The highest BCUT2D eigenvalue weighted by molar-refractivity contribution is 6.35. The third-order valence-corrected chi connectivity index (χ3v) is 2.68. The normalized spacial score (nSPS) is 10.1. The molecule has 0 N–H and O–H groups in total. The van der Waals surface area contributed by atoms with E-state index in [0.29, 0.717) is 16.7 Å². The van der Waals surface area contributed by atoms with Crippen LogP contribution in [0.2, 0.25) is 10.0 Å². The minimum Gasteiger partial charge on any atom is -0.489 e. The zero-order chi connectivity index (χ0) is 11.4. The fourth-order valence-corrected chi connectivity index (χ4v) is 1.73. The summed E-state index contributed by atoms with van der Waals surface area (Å²) in [6.07, 6.45) is 0. The van der Waals surface area contributed by atoms with Crippen LogP contribution in [0.1, 0.15) is 5.56 Å². The van der Waals surface area contributed by atoms with Gasteiger partial charge in [0.05, 0.1) is 0 Å². The number of hydrogen-bond acceptors (Lipinski definition) is 1. The number of ether oxygens (including phenoxy) is 1. The topological polar surface area (TPSA) is 9.23 Å². The van der Waals surface area contributed by atoms with Gasteiger partial charge in [-0.3, -0.25) is 0 Å². The van der Waals surface area contributed by atoms with Crippen molar-refractivity contribution in [1.29, 1.82) is 0 Å². The van der Waals surface area contributed by atoms with E-state index in [0.717, 1.165) is 11.3 Å². The van der Waals surface area contributed by atoms with Gasteiger partial charge in [-0.2, -0.15) is 0 Å². The monoisotopic (exact) mass is 251 g/mol. The van der Waals surface area contributed by atoms with E-state index in [-0.39, 0.29) is 0 Å². The zero-order valence-electron chi connectivity index (χ0n) is 8.41. The van der Waals surface area contributed by atoms with Crippen LogP contribution in [0, 0.1) is 6.07 Å². The molecule has 0 aliphatic heterocycles. The van der Waals surface area contributed by atoms with Gasteiger partial charge < -0.3 is 4.74 Å². The Bertz CT molecular complexity index is 469. The Morgan fingerprint density at radius 2 is 1.81 bits per heavy atom. The van der Waals surface area contributed by atoms with Gasteiger partial charge in [0, 0.05) is 15.6 Å². The Labute approximate surface area is 105 Å². The highest BCUT2D eigenvalue weighted by Crippen LogP contribution is 2.22. The second kappa shape index (κ2) is 5.24. The molecule has 0 saturated heterocycles. The first-order valence-corrected chi connectivity index (χ1v) is 5.54. The Morgan fingerprint density at radius 1 is 1.06 bits per heavy atom. The van der Waals surface area contributed by atoms with Gasteiger partial charge >= 0.3 is 0 Å². The highest BCUT2D eigenvalue weighted by atomic mass is 35.5. The van der Waals surface area contributed by atoms with Crippen LogP contribution in [0.4, 0.5) is 0 Å². The molecule has 0 atom stereocenters. The summed E-state index contributed by atoms with van der Waals surface area (Å²) >= 11 is 11.8. The van der Waals surface area contributed by atoms with Crippen molar-refractivity contribution in [2.75, 3.05) is 0 Å². The molecule has 0 saturated carbocycles. The van der Waals surface area contributed by atoms with Crippen molar-refractivity contribution < 1.29 is 4.74 Å². The summed E-state index contributed by atoms with van der Waals surface area (Å²) in [5.41, 5.74) is 0.916. The van der Waals surface area contributed by atoms with Crippen LogP contribution in [0.25, 0.3) is 0 Å². The van der Waals surface area contributed by atoms with E-state index in [1.54, 1.807) is 24.3 Å². The predicted molar refractivity (Wildman–Crippen MR) is 66.1 cm³/mol. The summed E-state index contributed by atoms with van der Waals surface area (Å²) in [6, 6.07) is 15.6. The molecule has 3 heteroatoms. The van der Waals surface area contributed by atoms with Gasteiger partial charge in [0.1, 0.15) is 12.4 Å². The molecule has 2 rings (SSSR count). The van der Waals surface area contributed by atoms with Gasteiger partial charge in [0.2, 0.25) is 0 Å². The molecule has 0 amide bonds. The fraction of sp³-hybridized carbons (Fsp3) is 0.0769.